The van der Waals surface area contributed by atoms with Crippen LogP contribution >= 0.6 is 0 Å². The number of aromatic carboxylic acids is 1. The van der Waals surface area contributed by atoms with Gasteiger partial charge in [0.25, 0.3) is 0 Å². The molecule has 6 heteroatoms. The monoisotopic (exact) mass is 183 g/mol. The maximum atomic E-state index is 10.9. The van der Waals surface area contributed by atoms with Crippen molar-refractivity contribution in [3.05, 3.63) is 18.2 Å². The summed E-state index contributed by atoms with van der Waals surface area (Å²) in [5.74, 6) is -1.30. The van der Waals surface area contributed by atoms with Gasteiger partial charge in [-0.2, -0.15) is 0 Å². The predicted octanol–water partition coefficient (Wildman–Crippen LogP) is -0.673. The first kappa shape index (κ1) is 9.24. The molecule has 0 atom stereocenters. The first-order valence-corrected chi connectivity index (χ1v) is 3.59. The Kier molecular flexibility index (Phi) is 2.63. The van der Waals surface area contributed by atoms with Gasteiger partial charge in [-0.1, -0.05) is 0 Å². The van der Waals surface area contributed by atoms with Gasteiger partial charge in [-0.15, -0.1) is 0 Å². The minimum atomic E-state index is -1.10. The zero-order chi connectivity index (χ0) is 9.84. The molecule has 0 aliphatic heterocycles. The molecule has 70 valence electrons. The second-order valence-electron chi connectivity index (χ2n) is 2.41. The smallest absolute Gasteiger partial charge is 0.356 e. The van der Waals surface area contributed by atoms with Crippen molar-refractivity contribution in [2.75, 3.05) is 7.05 Å². The van der Waals surface area contributed by atoms with Crippen LogP contribution in [0.5, 0.6) is 0 Å². The van der Waals surface area contributed by atoms with Gasteiger partial charge in [0.05, 0.1) is 6.33 Å². The molecular formula is C7H9N3O3. The summed E-state index contributed by atoms with van der Waals surface area (Å²) in [6.45, 7) is 0.0801. The number of carboxylic acids is 1. The van der Waals surface area contributed by atoms with Crippen LogP contribution in [0.1, 0.15) is 10.5 Å². The lowest BCUT2D eigenvalue weighted by molar-refractivity contribution is -0.121. The lowest BCUT2D eigenvalue weighted by Gasteiger charge is -1.98. The van der Waals surface area contributed by atoms with Crippen LogP contribution in [-0.2, 0) is 11.3 Å². The van der Waals surface area contributed by atoms with E-state index in [9.17, 15) is 9.59 Å². The third-order valence-electron chi connectivity index (χ3n) is 1.46. The Morgan fingerprint density at radius 2 is 2.38 bits per heavy atom. The van der Waals surface area contributed by atoms with Gasteiger partial charge in [0.2, 0.25) is 5.91 Å². The van der Waals surface area contributed by atoms with Crippen molar-refractivity contribution in [3.63, 3.8) is 0 Å². The molecule has 6 nitrogen and oxygen atoms in total. The first-order valence-electron chi connectivity index (χ1n) is 3.59. The van der Waals surface area contributed by atoms with Crippen molar-refractivity contribution in [2.24, 2.45) is 0 Å². The number of likely N-dealkylation sites (N-methyl/N-ethyl adjacent to an activating group) is 1. The maximum absolute atomic E-state index is 10.9. The molecule has 0 aliphatic carbocycles. The average molecular weight is 183 g/mol. The van der Waals surface area contributed by atoms with Crippen molar-refractivity contribution >= 4 is 11.9 Å². The average Bonchev–Trinajstić information content (AvgIpc) is 2.52. The van der Waals surface area contributed by atoms with E-state index in [2.05, 4.69) is 10.3 Å². The lowest BCUT2D eigenvalue weighted by Crippen LogP contribution is -2.22. The Balaban J connectivity index is 2.69. The molecule has 0 bridgehead atoms. The largest absolute Gasteiger partial charge is 0.476 e. The van der Waals surface area contributed by atoms with Crippen LogP contribution in [0, 0.1) is 0 Å². The van der Waals surface area contributed by atoms with Crippen LogP contribution in [0.3, 0.4) is 0 Å². The number of nitrogens with zero attached hydrogens (tertiary/aromatic N) is 2. The molecule has 0 aromatic carbocycles. The number of carbonyl (C=O) groups excluding carboxylic acids is 1. The van der Waals surface area contributed by atoms with E-state index in [0.717, 1.165) is 0 Å². The highest BCUT2D eigenvalue weighted by molar-refractivity contribution is 5.85. The first-order chi connectivity index (χ1) is 6.13. The topological polar surface area (TPSA) is 84.2 Å². The summed E-state index contributed by atoms with van der Waals surface area (Å²) < 4.78 is 1.41. The zero-order valence-corrected chi connectivity index (χ0v) is 7.02. The molecule has 1 aromatic rings. The van der Waals surface area contributed by atoms with Gasteiger partial charge in [-0.3, -0.25) is 4.79 Å². The highest BCUT2D eigenvalue weighted by atomic mass is 16.4. The number of amides is 1. The fourth-order valence-electron chi connectivity index (χ4n) is 0.802. The van der Waals surface area contributed by atoms with Gasteiger partial charge in [0.15, 0.2) is 5.69 Å². The Bertz CT molecular complexity index is 331. The third-order valence-corrected chi connectivity index (χ3v) is 1.46. The second kappa shape index (κ2) is 3.70. The molecule has 0 radical (unpaired) electrons. The molecule has 0 saturated heterocycles. The van der Waals surface area contributed by atoms with Crippen molar-refractivity contribution in [1.82, 2.24) is 14.9 Å². The minimum Gasteiger partial charge on any atom is -0.476 e. The summed E-state index contributed by atoms with van der Waals surface area (Å²) in [4.78, 5) is 24.8. The van der Waals surface area contributed by atoms with Crippen LogP contribution in [0.2, 0.25) is 0 Å². The number of rotatable bonds is 3. The fourth-order valence-corrected chi connectivity index (χ4v) is 0.802. The van der Waals surface area contributed by atoms with Crippen LogP contribution in [0.15, 0.2) is 12.5 Å². The Morgan fingerprint density at radius 3 is 2.85 bits per heavy atom. The van der Waals surface area contributed by atoms with Crippen LogP contribution < -0.4 is 5.32 Å². The molecular weight excluding hydrogens is 174 g/mol. The Hall–Kier alpha value is -1.85. The van der Waals surface area contributed by atoms with Crippen molar-refractivity contribution in [2.45, 2.75) is 6.54 Å². The molecule has 2 N–H and O–H groups in total. The van der Waals surface area contributed by atoms with E-state index in [1.165, 1.54) is 24.1 Å². The maximum Gasteiger partial charge on any atom is 0.356 e. The van der Waals surface area contributed by atoms with Crippen molar-refractivity contribution in [3.8, 4) is 0 Å². The van der Waals surface area contributed by atoms with Gasteiger partial charge in [-0.25, -0.2) is 9.78 Å². The van der Waals surface area contributed by atoms with Crippen LogP contribution in [0.4, 0.5) is 0 Å². The van der Waals surface area contributed by atoms with Crippen molar-refractivity contribution < 1.29 is 14.7 Å². The molecule has 1 heterocycles. The predicted molar refractivity (Wildman–Crippen MR) is 43.3 cm³/mol. The molecule has 0 fully saturated rings. The number of nitrogens with one attached hydrogen (secondary N) is 1. The molecule has 0 saturated carbocycles. The van der Waals surface area contributed by atoms with Gasteiger partial charge in [0.1, 0.15) is 6.54 Å². The summed E-state index contributed by atoms with van der Waals surface area (Å²) in [7, 11) is 1.51. The summed E-state index contributed by atoms with van der Waals surface area (Å²) in [6, 6.07) is 0. The highest BCUT2D eigenvalue weighted by Crippen LogP contribution is 1.95. The number of imidazole rings is 1. The van der Waals surface area contributed by atoms with E-state index in [-0.39, 0.29) is 18.1 Å². The van der Waals surface area contributed by atoms with E-state index >= 15 is 0 Å². The number of hydrogen-bond donors (Lipinski definition) is 2. The fraction of sp³-hybridized carbons (Fsp3) is 0.286. The zero-order valence-electron chi connectivity index (χ0n) is 7.02. The SMILES string of the molecule is CNC(=O)Cn1cnc(C(=O)O)c1. The van der Waals surface area contributed by atoms with Gasteiger partial charge >= 0.3 is 5.97 Å². The standard InChI is InChI=1S/C7H9N3O3/c1-8-6(11)3-10-2-5(7(12)13)9-4-10/h2,4H,3H2,1H3,(H,8,11)(H,12,13). The number of aromatic nitrogens is 2. The molecule has 13 heavy (non-hydrogen) atoms. The lowest BCUT2D eigenvalue weighted by atomic mass is 10.5. The minimum absolute atomic E-state index is 0.0658. The summed E-state index contributed by atoms with van der Waals surface area (Å²) in [5.41, 5.74) is -0.0658. The van der Waals surface area contributed by atoms with E-state index in [0.29, 0.717) is 0 Å². The number of carboxylic acid groups (broad SMARTS) is 1. The Morgan fingerprint density at radius 1 is 1.69 bits per heavy atom. The third kappa shape index (κ3) is 2.29. The van der Waals surface area contributed by atoms with Crippen molar-refractivity contribution in [1.29, 1.82) is 0 Å². The number of carbonyl (C=O) groups is 2. The quantitative estimate of drug-likeness (QED) is 0.650. The van der Waals surface area contributed by atoms with Gasteiger partial charge in [0, 0.05) is 13.2 Å². The second-order valence-corrected chi connectivity index (χ2v) is 2.41. The summed E-state index contributed by atoms with van der Waals surface area (Å²) in [6.07, 6.45) is 2.61. The van der Waals surface area contributed by atoms with Crippen LogP contribution in [-0.4, -0.2) is 33.6 Å². The Labute approximate surface area is 74.2 Å². The van der Waals surface area contributed by atoms with E-state index in [4.69, 9.17) is 5.11 Å². The van der Waals surface area contributed by atoms with E-state index < -0.39 is 5.97 Å². The van der Waals surface area contributed by atoms with Gasteiger partial charge < -0.3 is 15.0 Å². The van der Waals surface area contributed by atoms with Gasteiger partial charge in [-0.05, 0) is 0 Å². The summed E-state index contributed by atoms with van der Waals surface area (Å²) >= 11 is 0. The molecule has 1 aromatic heterocycles. The molecule has 0 aliphatic rings. The molecule has 0 unspecified atom stereocenters. The number of hydrogen-bond acceptors (Lipinski definition) is 3. The molecule has 1 amide bonds. The van der Waals surface area contributed by atoms with Crippen LogP contribution in [0.25, 0.3) is 0 Å². The molecule has 1 rings (SSSR count). The highest BCUT2D eigenvalue weighted by Gasteiger charge is 2.07. The molecule has 0 spiro atoms. The van der Waals surface area contributed by atoms with E-state index in [1.54, 1.807) is 0 Å². The van der Waals surface area contributed by atoms with E-state index in [1.807, 2.05) is 0 Å². The normalized spacial score (nSPS) is 9.62. The summed E-state index contributed by atoms with van der Waals surface area (Å²) in [5, 5.41) is 10.9.